The second kappa shape index (κ2) is 5.53. The van der Waals surface area contributed by atoms with Gasteiger partial charge in [0.05, 0.1) is 11.6 Å². The molecule has 19 heavy (non-hydrogen) atoms. The molecule has 4 heteroatoms. The van der Waals surface area contributed by atoms with Crippen LogP contribution in [0.3, 0.4) is 0 Å². The average Bonchev–Trinajstić information content (AvgIpc) is 2.75. The summed E-state index contributed by atoms with van der Waals surface area (Å²) in [4.78, 5) is 14.3. The smallest absolute Gasteiger partial charge is 0.254 e. The van der Waals surface area contributed by atoms with Crippen molar-refractivity contribution in [3.8, 4) is 0 Å². The minimum atomic E-state index is -0.480. The monoisotopic (exact) mass is 277 g/mol. The summed E-state index contributed by atoms with van der Waals surface area (Å²) in [5, 5.41) is 2.82. The maximum Gasteiger partial charge on any atom is 0.254 e. The highest BCUT2D eigenvalue weighted by atomic mass is 32.1. The lowest BCUT2D eigenvalue weighted by molar-refractivity contribution is 0.0936. The predicted octanol–water partition coefficient (Wildman–Crippen LogP) is 4.00. The van der Waals surface area contributed by atoms with Crippen LogP contribution in [-0.2, 0) is 0 Å². The zero-order chi connectivity index (χ0) is 14.0. The third-order valence-corrected chi connectivity index (χ3v) is 4.09. The van der Waals surface area contributed by atoms with Gasteiger partial charge in [-0.25, -0.2) is 4.39 Å². The van der Waals surface area contributed by atoms with Crippen LogP contribution in [0, 0.1) is 19.7 Å². The zero-order valence-electron chi connectivity index (χ0n) is 11.2. The molecular weight excluding hydrogens is 261 g/mol. The molecule has 1 unspecified atom stereocenters. The highest BCUT2D eigenvalue weighted by molar-refractivity contribution is 7.12. The molecule has 0 fully saturated rings. The minimum absolute atomic E-state index is 0.0886. The summed E-state index contributed by atoms with van der Waals surface area (Å²) in [7, 11) is 0. The topological polar surface area (TPSA) is 29.1 Å². The van der Waals surface area contributed by atoms with Crippen LogP contribution >= 0.6 is 11.3 Å². The largest absolute Gasteiger partial charge is 0.345 e. The fraction of sp³-hybridized carbons (Fsp3) is 0.267. The lowest BCUT2D eigenvalue weighted by Crippen LogP contribution is -2.26. The van der Waals surface area contributed by atoms with Crippen molar-refractivity contribution in [3.05, 3.63) is 57.0 Å². The molecular formula is C15H16FNOS. The minimum Gasteiger partial charge on any atom is -0.345 e. The van der Waals surface area contributed by atoms with Gasteiger partial charge < -0.3 is 5.32 Å². The maximum atomic E-state index is 13.7. The van der Waals surface area contributed by atoms with Crippen molar-refractivity contribution in [2.75, 3.05) is 0 Å². The molecule has 0 saturated carbocycles. The molecule has 0 spiro atoms. The van der Waals surface area contributed by atoms with E-state index < -0.39 is 5.82 Å². The Hall–Kier alpha value is -1.68. The van der Waals surface area contributed by atoms with E-state index in [4.69, 9.17) is 0 Å². The highest BCUT2D eigenvalue weighted by Crippen LogP contribution is 2.22. The third-order valence-electron chi connectivity index (χ3n) is 2.90. The number of hydrogen-bond acceptors (Lipinski definition) is 2. The summed E-state index contributed by atoms with van der Waals surface area (Å²) in [6.07, 6.45) is 0. The van der Waals surface area contributed by atoms with Gasteiger partial charge in [-0.1, -0.05) is 6.07 Å². The van der Waals surface area contributed by atoms with E-state index >= 15 is 0 Å². The Morgan fingerprint density at radius 3 is 2.58 bits per heavy atom. The van der Waals surface area contributed by atoms with Gasteiger partial charge >= 0.3 is 0 Å². The number of nitrogens with one attached hydrogen (secondary N) is 1. The van der Waals surface area contributed by atoms with Gasteiger partial charge in [-0.3, -0.25) is 4.79 Å². The Morgan fingerprint density at radius 1 is 1.26 bits per heavy atom. The Morgan fingerprint density at radius 2 is 2.00 bits per heavy atom. The lowest BCUT2D eigenvalue weighted by atomic mass is 10.1. The molecule has 0 aliphatic carbocycles. The van der Waals surface area contributed by atoms with Crippen molar-refractivity contribution >= 4 is 17.2 Å². The van der Waals surface area contributed by atoms with Gasteiger partial charge in [-0.05, 0) is 50.6 Å². The third kappa shape index (κ3) is 3.20. The molecule has 1 N–H and O–H groups in total. The van der Waals surface area contributed by atoms with Crippen LogP contribution < -0.4 is 5.32 Å². The molecule has 1 aromatic heterocycles. The van der Waals surface area contributed by atoms with E-state index in [-0.39, 0.29) is 17.5 Å². The normalized spacial score (nSPS) is 12.2. The number of hydrogen-bond donors (Lipinski definition) is 1. The number of halogens is 1. The van der Waals surface area contributed by atoms with E-state index in [1.165, 1.54) is 17.0 Å². The van der Waals surface area contributed by atoms with Gasteiger partial charge in [-0.15, -0.1) is 11.3 Å². The molecule has 0 saturated heterocycles. The van der Waals surface area contributed by atoms with Gasteiger partial charge in [0, 0.05) is 9.75 Å². The first-order valence-corrected chi connectivity index (χ1v) is 6.92. The number of carbonyl (C=O) groups excluding carboxylic acids is 1. The van der Waals surface area contributed by atoms with E-state index in [9.17, 15) is 9.18 Å². The van der Waals surface area contributed by atoms with E-state index in [2.05, 4.69) is 5.32 Å². The van der Waals surface area contributed by atoms with Crippen molar-refractivity contribution in [3.63, 3.8) is 0 Å². The Balaban J connectivity index is 2.12. The Labute approximate surface area is 116 Å². The molecule has 2 rings (SSSR count). The molecule has 100 valence electrons. The first-order chi connectivity index (χ1) is 8.97. The molecule has 0 radical (unpaired) electrons. The van der Waals surface area contributed by atoms with E-state index in [0.717, 1.165) is 10.4 Å². The molecule has 1 aromatic carbocycles. The number of thiophene rings is 1. The van der Waals surface area contributed by atoms with Crippen LogP contribution in [0.15, 0.2) is 30.3 Å². The van der Waals surface area contributed by atoms with Crippen molar-refractivity contribution in [2.24, 2.45) is 0 Å². The van der Waals surface area contributed by atoms with Crippen molar-refractivity contribution in [1.29, 1.82) is 0 Å². The van der Waals surface area contributed by atoms with Gasteiger partial charge in [-0.2, -0.15) is 0 Å². The SMILES string of the molecule is Cc1ccc(C(=O)NC(C)c2ccc(C)s2)c(F)c1. The average molecular weight is 277 g/mol. The van der Waals surface area contributed by atoms with Crippen LogP contribution in [0.25, 0.3) is 0 Å². The van der Waals surface area contributed by atoms with Crippen LogP contribution in [-0.4, -0.2) is 5.91 Å². The zero-order valence-corrected chi connectivity index (χ0v) is 12.0. The Bertz CT molecular complexity index is 606. The van der Waals surface area contributed by atoms with Crippen LogP contribution in [0.5, 0.6) is 0 Å². The quantitative estimate of drug-likeness (QED) is 0.903. The molecule has 2 nitrogen and oxygen atoms in total. The van der Waals surface area contributed by atoms with Crippen LogP contribution in [0.4, 0.5) is 4.39 Å². The number of rotatable bonds is 3. The van der Waals surface area contributed by atoms with Crippen molar-refractivity contribution in [1.82, 2.24) is 5.32 Å². The first-order valence-electron chi connectivity index (χ1n) is 6.10. The predicted molar refractivity (Wildman–Crippen MR) is 76.1 cm³/mol. The fourth-order valence-electron chi connectivity index (χ4n) is 1.84. The standard InChI is InChI=1S/C15H16FNOS/c1-9-4-6-12(13(16)8-9)15(18)17-11(3)14-7-5-10(2)19-14/h4-8,11H,1-3H3,(H,17,18). The number of aryl methyl sites for hydroxylation is 2. The van der Waals surface area contributed by atoms with Crippen molar-refractivity contribution in [2.45, 2.75) is 26.8 Å². The fourth-order valence-corrected chi connectivity index (χ4v) is 2.72. The van der Waals surface area contributed by atoms with Gasteiger partial charge in [0.15, 0.2) is 0 Å². The Kier molecular flexibility index (Phi) is 4.00. The summed E-state index contributed by atoms with van der Waals surface area (Å²) < 4.78 is 13.7. The second-order valence-electron chi connectivity index (χ2n) is 4.63. The number of carbonyl (C=O) groups is 1. The van der Waals surface area contributed by atoms with E-state index in [1.54, 1.807) is 24.3 Å². The lowest BCUT2D eigenvalue weighted by Gasteiger charge is -2.12. The number of benzene rings is 1. The summed E-state index contributed by atoms with van der Waals surface area (Å²) in [5.74, 6) is -0.858. The molecule has 2 aromatic rings. The van der Waals surface area contributed by atoms with Crippen molar-refractivity contribution < 1.29 is 9.18 Å². The molecule has 0 aliphatic rings. The van der Waals surface area contributed by atoms with Gasteiger partial charge in [0.25, 0.3) is 5.91 Å². The summed E-state index contributed by atoms with van der Waals surface area (Å²) in [6.45, 7) is 5.71. The van der Waals surface area contributed by atoms with E-state index in [1.807, 2.05) is 26.0 Å². The summed E-state index contributed by atoms with van der Waals surface area (Å²) >= 11 is 1.63. The second-order valence-corrected chi connectivity index (χ2v) is 5.95. The van der Waals surface area contributed by atoms with Gasteiger partial charge in [0.2, 0.25) is 0 Å². The molecule has 1 amide bonds. The number of amides is 1. The molecule has 1 heterocycles. The van der Waals surface area contributed by atoms with Crippen LogP contribution in [0.2, 0.25) is 0 Å². The molecule has 0 aliphatic heterocycles. The highest BCUT2D eigenvalue weighted by Gasteiger charge is 2.15. The van der Waals surface area contributed by atoms with E-state index in [0.29, 0.717) is 0 Å². The molecule has 0 bridgehead atoms. The summed E-state index contributed by atoms with van der Waals surface area (Å²) in [5.41, 5.74) is 0.890. The summed E-state index contributed by atoms with van der Waals surface area (Å²) in [6, 6.07) is 8.50. The van der Waals surface area contributed by atoms with Crippen LogP contribution in [0.1, 0.15) is 38.6 Å². The van der Waals surface area contributed by atoms with Gasteiger partial charge in [0.1, 0.15) is 5.82 Å². The molecule has 1 atom stereocenters. The first kappa shape index (κ1) is 13.7. The maximum absolute atomic E-state index is 13.7.